The van der Waals surface area contributed by atoms with Crippen LogP contribution in [0, 0.1) is 0 Å². The fourth-order valence-corrected chi connectivity index (χ4v) is 1.52. The molecule has 0 aliphatic heterocycles. The Balaban J connectivity index is 2.79. The number of aliphatic hydroxyl groups is 6. The zero-order valence-electron chi connectivity index (χ0n) is 10.8. The van der Waals surface area contributed by atoms with Crippen LogP contribution in [0.3, 0.4) is 0 Å². The molecule has 0 aromatic carbocycles. The lowest BCUT2D eigenvalue weighted by Crippen LogP contribution is -2.50. The minimum atomic E-state index is -2.31. The first-order valence-electron chi connectivity index (χ1n) is 5.94. The molecule has 0 radical (unpaired) electrons. The van der Waals surface area contributed by atoms with E-state index in [1.165, 1.54) is 6.07 Å². The number of hydrogen-bond donors (Lipinski definition) is 6. The molecule has 0 bridgehead atoms. The Labute approximate surface area is 118 Å². The standard InChI is InChI=1S/C12H16O9/c13-3-5-1-2-7(21-5)9(17)11(19)12(20)10(18)8(16)6(15)4-14/h1-2,6,8,10,12-16,18,20H,3-4H2/t6-,8-,10+,12-/m1/s1. The first kappa shape index (κ1) is 17.4. The molecule has 118 valence electrons. The van der Waals surface area contributed by atoms with E-state index >= 15 is 0 Å². The molecule has 6 N–H and O–H groups in total. The Morgan fingerprint density at radius 1 is 1.05 bits per heavy atom. The Kier molecular flexibility index (Phi) is 6.15. The molecule has 0 spiro atoms. The number of carbonyl (C=O) groups is 2. The zero-order chi connectivity index (χ0) is 16.2. The molecule has 0 aliphatic rings. The lowest BCUT2D eigenvalue weighted by atomic mass is 9.98. The molecule has 9 heteroatoms. The normalized spacial score (nSPS) is 17.0. The Hall–Kier alpha value is -1.62. The Morgan fingerprint density at radius 2 is 1.67 bits per heavy atom. The molecular weight excluding hydrogens is 288 g/mol. The lowest BCUT2D eigenvalue weighted by Gasteiger charge is -2.24. The van der Waals surface area contributed by atoms with E-state index in [0.29, 0.717) is 0 Å². The molecule has 1 aromatic heterocycles. The van der Waals surface area contributed by atoms with Gasteiger partial charge in [-0.15, -0.1) is 0 Å². The molecule has 0 unspecified atom stereocenters. The molecule has 1 aromatic rings. The number of ketones is 2. The van der Waals surface area contributed by atoms with Gasteiger partial charge in [0.15, 0.2) is 5.76 Å². The maximum Gasteiger partial charge on any atom is 0.266 e. The van der Waals surface area contributed by atoms with E-state index in [9.17, 15) is 24.9 Å². The molecule has 1 rings (SSSR count). The van der Waals surface area contributed by atoms with Crippen LogP contribution in [0.5, 0.6) is 0 Å². The van der Waals surface area contributed by atoms with Gasteiger partial charge in [-0.05, 0) is 12.1 Å². The van der Waals surface area contributed by atoms with Crippen molar-refractivity contribution in [2.75, 3.05) is 6.61 Å². The minimum Gasteiger partial charge on any atom is -0.455 e. The Morgan fingerprint density at radius 3 is 2.14 bits per heavy atom. The number of rotatable bonds is 8. The van der Waals surface area contributed by atoms with Crippen LogP contribution in [0.1, 0.15) is 16.3 Å². The van der Waals surface area contributed by atoms with Gasteiger partial charge in [-0.25, -0.2) is 0 Å². The lowest BCUT2D eigenvalue weighted by molar-refractivity contribution is -0.143. The van der Waals surface area contributed by atoms with Gasteiger partial charge in [-0.2, -0.15) is 0 Å². The quantitative estimate of drug-likeness (QED) is 0.216. The second-order valence-corrected chi connectivity index (χ2v) is 4.29. The van der Waals surface area contributed by atoms with Crippen molar-refractivity contribution in [2.45, 2.75) is 31.0 Å². The number of Topliss-reactive ketones (excluding diaryl/α,β-unsaturated/α-hetero) is 2. The summed E-state index contributed by atoms with van der Waals surface area (Å²) in [7, 11) is 0. The monoisotopic (exact) mass is 304 g/mol. The van der Waals surface area contributed by atoms with Crippen LogP contribution in [0.2, 0.25) is 0 Å². The van der Waals surface area contributed by atoms with Crippen molar-refractivity contribution in [3.8, 4) is 0 Å². The molecule has 0 fully saturated rings. The predicted octanol–water partition coefficient (Wildman–Crippen LogP) is -3.04. The highest BCUT2D eigenvalue weighted by molar-refractivity contribution is 6.44. The van der Waals surface area contributed by atoms with E-state index < -0.39 is 55.0 Å². The van der Waals surface area contributed by atoms with Crippen molar-refractivity contribution in [3.05, 3.63) is 23.7 Å². The third-order valence-electron chi connectivity index (χ3n) is 2.79. The van der Waals surface area contributed by atoms with Crippen LogP contribution in [0.15, 0.2) is 16.5 Å². The number of aliphatic hydroxyl groups excluding tert-OH is 6. The first-order chi connectivity index (χ1) is 9.83. The van der Waals surface area contributed by atoms with Crippen molar-refractivity contribution in [1.82, 2.24) is 0 Å². The van der Waals surface area contributed by atoms with E-state index in [2.05, 4.69) is 0 Å². The summed E-state index contributed by atoms with van der Waals surface area (Å²) in [5.41, 5.74) is 0. The summed E-state index contributed by atoms with van der Waals surface area (Å²) in [5, 5.41) is 54.9. The number of furan rings is 1. The van der Waals surface area contributed by atoms with Gasteiger partial charge < -0.3 is 35.1 Å². The van der Waals surface area contributed by atoms with Crippen molar-refractivity contribution in [1.29, 1.82) is 0 Å². The summed E-state index contributed by atoms with van der Waals surface area (Å²) in [5.74, 6) is -3.16. The van der Waals surface area contributed by atoms with Gasteiger partial charge in [0.25, 0.3) is 5.78 Å². The predicted molar refractivity (Wildman–Crippen MR) is 65.1 cm³/mol. The van der Waals surface area contributed by atoms with Gasteiger partial charge in [0, 0.05) is 0 Å². The molecule has 0 aliphatic carbocycles. The minimum absolute atomic E-state index is 0.0249. The van der Waals surface area contributed by atoms with E-state index in [4.69, 9.17) is 19.7 Å². The van der Waals surface area contributed by atoms with Crippen LogP contribution < -0.4 is 0 Å². The maximum absolute atomic E-state index is 11.7. The first-order valence-corrected chi connectivity index (χ1v) is 5.94. The van der Waals surface area contributed by atoms with Crippen LogP contribution in [-0.2, 0) is 11.4 Å². The van der Waals surface area contributed by atoms with Crippen molar-refractivity contribution < 1.29 is 44.6 Å². The molecular formula is C12H16O9. The topological polar surface area (TPSA) is 169 Å². The van der Waals surface area contributed by atoms with Crippen LogP contribution in [0.4, 0.5) is 0 Å². The second-order valence-electron chi connectivity index (χ2n) is 4.29. The van der Waals surface area contributed by atoms with E-state index in [1.54, 1.807) is 0 Å². The summed E-state index contributed by atoms with van der Waals surface area (Å²) < 4.78 is 4.81. The highest BCUT2D eigenvalue weighted by Gasteiger charge is 2.37. The summed E-state index contributed by atoms with van der Waals surface area (Å²) in [6.07, 6.45) is -8.29. The van der Waals surface area contributed by atoms with E-state index in [1.807, 2.05) is 0 Å². The second kappa shape index (κ2) is 7.41. The molecule has 0 saturated carbocycles. The Bertz CT molecular complexity index is 495. The molecule has 0 amide bonds. The van der Waals surface area contributed by atoms with Gasteiger partial charge in [-0.1, -0.05) is 0 Å². The third-order valence-corrected chi connectivity index (χ3v) is 2.79. The fourth-order valence-electron chi connectivity index (χ4n) is 1.52. The number of carbonyl (C=O) groups excluding carboxylic acids is 2. The average Bonchev–Trinajstić information content (AvgIpc) is 2.99. The zero-order valence-corrected chi connectivity index (χ0v) is 10.8. The van der Waals surface area contributed by atoms with Gasteiger partial charge >= 0.3 is 0 Å². The van der Waals surface area contributed by atoms with Gasteiger partial charge in [0.2, 0.25) is 5.78 Å². The molecule has 21 heavy (non-hydrogen) atoms. The summed E-state index contributed by atoms with van der Waals surface area (Å²) in [4.78, 5) is 23.4. The van der Waals surface area contributed by atoms with Gasteiger partial charge in [0.1, 0.15) is 36.8 Å². The molecule has 4 atom stereocenters. The van der Waals surface area contributed by atoms with E-state index in [0.717, 1.165) is 6.07 Å². The van der Waals surface area contributed by atoms with Crippen LogP contribution >= 0.6 is 0 Å². The highest BCUT2D eigenvalue weighted by Crippen LogP contribution is 2.12. The van der Waals surface area contributed by atoms with Crippen LogP contribution in [-0.4, -0.2) is 73.2 Å². The molecule has 1 heterocycles. The summed E-state index contributed by atoms with van der Waals surface area (Å²) in [6.45, 7) is -1.40. The highest BCUT2D eigenvalue weighted by atomic mass is 16.4. The number of hydrogen-bond acceptors (Lipinski definition) is 9. The molecule has 0 saturated heterocycles. The maximum atomic E-state index is 11.7. The molecule has 9 nitrogen and oxygen atoms in total. The van der Waals surface area contributed by atoms with Crippen molar-refractivity contribution >= 4 is 11.6 Å². The van der Waals surface area contributed by atoms with Crippen molar-refractivity contribution in [2.24, 2.45) is 0 Å². The van der Waals surface area contributed by atoms with Crippen LogP contribution in [0.25, 0.3) is 0 Å². The fraction of sp³-hybridized carbons (Fsp3) is 0.500. The average molecular weight is 304 g/mol. The third kappa shape index (κ3) is 3.94. The SMILES string of the molecule is O=C(C(=O)[C@H](O)[C@@H](O)[C@H](O)[C@H](O)CO)c1ccc(CO)o1. The summed E-state index contributed by atoms with van der Waals surface area (Å²) in [6, 6.07) is 2.34. The van der Waals surface area contributed by atoms with E-state index in [-0.39, 0.29) is 5.76 Å². The smallest absolute Gasteiger partial charge is 0.266 e. The summed E-state index contributed by atoms with van der Waals surface area (Å²) >= 11 is 0. The van der Waals surface area contributed by atoms with Crippen molar-refractivity contribution in [3.63, 3.8) is 0 Å². The van der Waals surface area contributed by atoms with Gasteiger partial charge in [0.05, 0.1) is 6.61 Å². The van der Waals surface area contributed by atoms with Gasteiger partial charge in [-0.3, -0.25) is 9.59 Å². The largest absolute Gasteiger partial charge is 0.455 e.